The van der Waals surface area contributed by atoms with Crippen LogP contribution in [0.5, 0.6) is 11.5 Å². The molecule has 0 aliphatic carbocycles. The Balaban J connectivity index is 1.38. The molecule has 1 saturated heterocycles. The summed E-state index contributed by atoms with van der Waals surface area (Å²) in [6, 6.07) is 5.62. The summed E-state index contributed by atoms with van der Waals surface area (Å²) < 4.78 is 12.7. The maximum absolute atomic E-state index is 12.9. The molecule has 1 aromatic carbocycles. The quantitative estimate of drug-likeness (QED) is 0.186. The van der Waals surface area contributed by atoms with Crippen LogP contribution in [0.15, 0.2) is 30.0 Å². The average molecular weight is 667 g/mol. The molecule has 0 unspecified atom stereocenters. The first-order chi connectivity index (χ1) is 22.0. The fraction of sp³-hybridized carbons (Fsp3) is 0.438. The molecule has 3 aromatic heterocycles. The molecule has 1 fully saturated rings. The van der Waals surface area contributed by atoms with E-state index >= 15 is 0 Å². The Kier molecular flexibility index (Phi) is 9.86. The number of allylic oxidation sites excluding steroid dienone is 1. The Bertz CT molecular complexity index is 1820. The second-order valence-corrected chi connectivity index (χ2v) is 12.9. The predicted molar refractivity (Wildman–Crippen MR) is 179 cm³/mol. The van der Waals surface area contributed by atoms with E-state index in [9.17, 15) is 10.1 Å². The first-order valence-corrected chi connectivity index (χ1v) is 15.7. The van der Waals surface area contributed by atoms with Gasteiger partial charge in [-0.3, -0.25) is 9.69 Å². The number of amides is 1. The third-order valence-corrected chi connectivity index (χ3v) is 8.47. The molecule has 242 valence electrons. The standard InChI is InChI=1S/C32H37Cl2N9O3/c1-32(2,3)16-20(17-35)30(44)42-12-10-41(11-13-42)9-7-8-24-38-29-21(25-26(33)22(45-5)15-23(46-6)27(25)34)14-19-18-37-31(36-4)39-28(19)43(29)40-24/h14-16,18H,7-13H2,1-6H3,(H,36,37,39)/b20-16-. The number of carbonyl (C=O) groups is 1. The number of methoxy groups -OCH3 is 2. The van der Waals surface area contributed by atoms with Crippen LogP contribution in [0.1, 0.15) is 33.0 Å². The van der Waals surface area contributed by atoms with E-state index in [-0.39, 0.29) is 16.9 Å². The Morgan fingerprint density at radius 3 is 2.33 bits per heavy atom. The molecule has 1 amide bonds. The number of halogens is 2. The lowest BCUT2D eigenvalue weighted by Gasteiger charge is -2.34. The summed E-state index contributed by atoms with van der Waals surface area (Å²) in [5.41, 5.74) is 2.21. The minimum Gasteiger partial charge on any atom is -0.495 e. The van der Waals surface area contributed by atoms with Gasteiger partial charge in [0.25, 0.3) is 5.91 Å². The number of nitrogens with one attached hydrogen (secondary N) is 1. The first kappa shape index (κ1) is 33.2. The van der Waals surface area contributed by atoms with Gasteiger partial charge in [-0.1, -0.05) is 50.0 Å². The van der Waals surface area contributed by atoms with Gasteiger partial charge in [0, 0.05) is 68.4 Å². The molecule has 1 aliphatic rings. The number of aromatic nitrogens is 5. The number of hydrogen-bond donors (Lipinski definition) is 1. The van der Waals surface area contributed by atoms with Crippen molar-refractivity contribution in [3.05, 3.63) is 45.8 Å². The minimum absolute atomic E-state index is 0.201. The zero-order chi connectivity index (χ0) is 33.2. The third-order valence-electron chi connectivity index (χ3n) is 7.72. The van der Waals surface area contributed by atoms with Crippen molar-refractivity contribution in [1.29, 1.82) is 5.26 Å². The van der Waals surface area contributed by atoms with Gasteiger partial charge in [0.05, 0.1) is 24.3 Å². The number of carbonyl (C=O) groups excluding carboxylic acids is 1. The van der Waals surface area contributed by atoms with E-state index in [2.05, 4.69) is 26.3 Å². The van der Waals surface area contributed by atoms with Crippen molar-refractivity contribution in [2.24, 2.45) is 5.41 Å². The highest BCUT2D eigenvalue weighted by atomic mass is 35.5. The fourth-order valence-corrected chi connectivity index (χ4v) is 6.17. The normalized spacial score (nSPS) is 14.5. The molecular weight excluding hydrogens is 629 g/mol. The molecule has 0 bridgehead atoms. The average Bonchev–Trinajstić information content (AvgIpc) is 3.48. The van der Waals surface area contributed by atoms with Gasteiger partial charge in [-0.15, -0.1) is 5.10 Å². The zero-order valence-corrected chi connectivity index (χ0v) is 28.3. The highest BCUT2D eigenvalue weighted by Gasteiger charge is 2.26. The molecule has 1 N–H and O–H groups in total. The van der Waals surface area contributed by atoms with Crippen molar-refractivity contribution in [1.82, 2.24) is 34.4 Å². The second-order valence-electron chi connectivity index (χ2n) is 12.1. The van der Waals surface area contributed by atoms with Crippen LogP contribution in [0.4, 0.5) is 5.95 Å². The summed E-state index contributed by atoms with van der Waals surface area (Å²) in [5.74, 6) is 1.71. The van der Waals surface area contributed by atoms with Crippen molar-refractivity contribution in [3.8, 4) is 28.7 Å². The SMILES string of the molecule is CNc1ncc2cc(-c3c(Cl)c(OC)cc(OC)c3Cl)c3nc(CCCN4CCN(C(=O)/C(C#N)=C\C(C)(C)C)CC4)nn3c2n1. The zero-order valence-electron chi connectivity index (χ0n) is 26.8. The number of nitriles is 1. The Labute approximate surface area is 277 Å². The smallest absolute Gasteiger partial charge is 0.264 e. The molecular formula is C32H37Cl2N9O3. The van der Waals surface area contributed by atoms with Gasteiger partial charge in [-0.05, 0) is 24.4 Å². The van der Waals surface area contributed by atoms with E-state index in [4.69, 9.17) is 42.8 Å². The van der Waals surface area contributed by atoms with Crippen LogP contribution in [0, 0.1) is 16.7 Å². The van der Waals surface area contributed by atoms with Crippen LogP contribution in [-0.2, 0) is 11.2 Å². The minimum atomic E-state index is -0.247. The summed E-state index contributed by atoms with van der Waals surface area (Å²) in [5, 5.41) is 18.7. The third kappa shape index (κ3) is 6.82. The van der Waals surface area contributed by atoms with E-state index in [1.165, 1.54) is 14.2 Å². The fourth-order valence-electron chi connectivity index (χ4n) is 5.46. The van der Waals surface area contributed by atoms with Crippen molar-refractivity contribution in [3.63, 3.8) is 0 Å². The van der Waals surface area contributed by atoms with E-state index in [0.717, 1.165) is 31.4 Å². The molecule has 0 spiro atoms. The molecule has 1 aliphatic heterocycles. The summed E-state index contributed by atoms with van der Waals surface area (Å²) in [4.78, 5) is 31.0. The lowest BCUT2D eigenvalue weighted by molar-refractivity contribution is -0.128. The molecule has 4 aromatic rings. The van der Waals surface area contributed by atoms with Gasteiger partial charge in [0.15, 0.2) is 17.1 Å². The number of anilines is 1. The van der Waals surface area contributed by atoms with E-state index in [1.807, 2.05) is 26.8 Å². The van der Waals surface area contributed by atoms with Gasteiger partial charge in [-0.2, -0.15) is 14.8 Å². The van der Waals surface area contributed by atoms with Crippen molar-refractivity contribution in [2.75, 3.05) is 59.3 Å². The number of pyridine rings is 1. The number of fused-ring (bicyclic) bond motifs is 3. The number of piperazine rings is 1. The second kappa shape index (κ2) is 13.7. The van der Waals surface area contributed by atoms with E-state index < -0.39 is 0 Å². The van der Waals surface area contributed by atoms with Crippen LogP contribution in [0.2, 0.25) is 10.0 Å². The lowest BCUT2D eigenvalue weighted by Crippen LogP contribution is -2.49. The van der Waals surface area contributed by atoms with Crippen LogP contribution >= 0.6 is 23.2 Å². The van der Waals surface area contributed by atoms with Crippen molar-refractivity contribution >= 4 is 51.7 Å². The topological polar surface area (TPSA) is 134 Å². The molecule has 14 heteroatoms. The van der Waals surface area contributed by atoms with Gasteiger partial charge in [-0.25, -0.2) is 9.97 Å². The number of aryl methyl sites for hydroxylation is 1. The first-order valence-electron chi connectivity index (χ1n) is 15.0. The highest BCUT2D eigenvalue weighted by molar-refractivity contribution is 6.41. The molecule has 4 heterocycles. The van der Waals surface area contributed by atoms with Gasteiger partial charge in [0.2, 0.25) is 5.95 Å². The largest absolute Gasteiger partial charge is 0.495 e. The predicted octanol–water partition coefficient (Wildman–Crippen LogP) is 5.28. The van der Waals surface area contributed by atoms with Crippen LogP contribution < -0.4 is 14.8 Å². The van der Waals surface area contributed by atoms with Crippen LogP contribution in [-0.4, -0.2) is 94.3 Å². The summed E-state index contributed by atoms with van der Waals surface area (Å²) in [6.07, 6.45) is 4.87. The maximum Gasteiger partial charge on any atom is 0.264 e. The lowest BCUT2D eigenvalue weighted by atomic mass is 9.93. The number of nitrogens with zero attached hydrogens (tertiary/aromatic N) is 8. The van der Waals surface area contributed by atoms with Crippen molar-refractivity contribution < 1.29 is 14.3 Å². The molecule has 12 nitrogen and oxygen atoms in total. The molecule has 0 atom stereocenters. The molecule has 0 radical (unpaired) electrons. The van der Waals surface area contributed by atoms with Crippen LogP contribution in [0.3, 0.4) is 0 Å². The van der Waals surface area contributed by atoms with Gasteiger partial charge < -0.3 is 19.7 Å². The Hall–Kier alpha value is -4.18. The van der Waals surface area contributed by atoms with Crippen molar-refractivity contribution in [2.45, 2.75) is 33.6 Å². The number of hydrogen-bond acceptors (Lipinski definition) is 10. The monoisotopic (exact) mass is 665 g/mol. The summed E-state index contributed by atoms with van der Waals surface area (Å²) >= 11 is 13.6. The molecule has 5 rings (SSSR count). The molecule has 0 saturated carbocycles. The van der Waals surface area contributed by atoms with E-state index in [1.54, 1.807) is 34.8 Å². The van der Waals surface area contributed by atoms with E-state index in [0.29, 0.717) is 75.2 Å². The Morgan fingerprint density at radius 1 is 1.07 bits per heavy atom. The number of rotatable bonds is 9. The maximum atomic E-state index is 12.9. The number of benzene rings is 1. The van der Waals surface area contributed by atoms with Gasteiger partial charge >= 0.3 is 0 Å². The Morgan fingerprint density at radius 2 is 1.74 bits per heavy atom. The van der Waals surface area contributed by atoms with Crippen LogP contribution in [0.25, 0.3) is 27.8 Å². The molecule has 46 heavy (non-hydrogen) atoms. The highest BCUT2D eigenvalue weighted by Crippen LogP contribution is 2.47. The summed E-state index contributed by atoms with van der Waals surface area (Å²) in [6.45, 7) is 9.34. The van der Waals surface area contributed by atoms with Gasteiger partial charge in [0.1, 0.15) is 23.1 Å². The summed E-state index contributed by atoms with van der Waals surface area (Å²) in [7, 11) is 4.81. The number of ether oxygens (including phenoxy) is 2.